The van der Waals surface area contributed by atoms with E-state index >= 15 is 0 Å². The molecule has 4 aliphatic rings. The SMILES string of the molecule is COC(=O)C(OC)[C@H]1CCC2(O)C3=CC=C4C[C@@H](O[Si](C)(C)C(C)(C)C)C[C@H](O[Si](C)(C)C(C)(C)C)[C@]4(C)[C@H]3CC[C@]12C. The third-order valence-electron chi connectivity index (χ3n) is 13.4. The monoisotopic (exact) mass is 634 g/mol. The number of esters is 1. The number of carbonyl (C=O) groups excluding carboxylic acids is 1. The highest BCUT2D eigenvalue weighted by Crippen LogP contribution is 2.68. The third kappa shape index (κ3) is 5.52. The van der Waals surface area contributed by atoms with Crippen molar-refractivity contribution in [1.82, 2.24) is 0 Å². The molecule has 4 aliphatic carbocycles. The van der Waals surface area contributed by atoms with Gasteiger partial charge in [0.25, 0.3) is 0 Å². The number of allylic oxidation sites excluding steroid dienone is 2. The van der Waals surface area contributed by atoms with E-state index in [1.165, 1.54) is 12.7 Å². The standard InChI is InChI=1S/C35H62O6Si2/c1-31(2,3)42(11,12)40-24-21-23-15-16-26-25(34(23,8)28(22-24)41-43(13,14)32(4,5)6)17-19-33(7)27(18-20-35(26,33)37)29(38-9)30(36)39-10/h15-16,24-25,27-29,37H,17-22H2,1-14H3/t24-,25+,27-,28+,29?,33-,34+,35?/m1/s1. The van der Waals surface area contributed by atoms with Gasteiger partial charge in [0.1, 0.15) is 0 Å². The van der Waals surface area contributed by atoms with Gasteiger partial charge in [-0.25, -0.2) is 4.79 Å². The van der Waals surface area contributed by atoms with Crippen molar-refractivity contribution < 1.29 is 28.2 Å². The van der Waals surface area contributed by atoms with Crippen LogP contribution in [0.1, 0.15) is 93.9 Å². The van der Waals surface area contributed by atoms with Crippen molar-refractivity contribution in [1.29, 1.82) is 0 Å². The van der Waals surface area contributed by atoms with Crippen LogP contribution in [0, 0.1) is 22.7 Å². The van der Waals surface area contributed by atoms with Gasteiger partial charge >= 0.3 is 5.97 Å². The maximum absolute atomic E-state index is 12.7. The normalized spacial score (nSPS) is 37.5. The zero-order chi connectivity index (χ0) is 32.6. The van der Waals surface area contributed by atoms with E-state index in [0.717, 1.165) is 37.7 Å². The van der Waals surface area contributed by atoms with Gasteiger partial charge in [0.2, 0.25) is 0 Å². The van der Waals surface area contributed by atoms with Gasteiger partial charge in [0.05, 0.1) is 24.9 Å². The Hall–Kier alpha value is -0.776. The van der Waals surface area contributed by atoms with Crippen molar-refractivity contribution in [2.24, 2.45) is 22.7 Å². The minimum absolute atomic E-state index is 0.00353. The molecule has 246 valence electrons. The molecule has 2 unspecified atom stereocenters. The Morgan fingerprint density at radius 3 is 2.05 bits per heavy atom. The highest BCUT2D eigenvalue weighted by molar-refractivity contribution is 6.74. The Kier molecular flexibility index (Phi) is 9.13. The first-order valence-electron chi connectivity index (χ1n) is 16.6. The van der Waals surface area contributed by atoms with Gasteiger partial charge in [0.15, 0.2) is 22.7 Å². The number of fused-ring (bicyclic) bond motifs is 5. The molecular weight excluding hydrogens is 573 g/mol. The van der Waals surface area contributed by atoms with Crippen molar-refractivity contribution >= 4 is 22.6 Å². The fraction of sp³-hybridized carbons (Fsp3) is 0.857. The first-order chi connectivity index (χ1) is 19.5. The van der Waals surface area contributed by atoms with Crippen molar-refractivity contribution in [2.75, 3.05) is 14.2 Å². The summed E-state index contributed by atoms with van der Waals surface area (Å²) >= 11 is 0. The van der Waals surface area contributed by atoms with Crippen LogP contribution in [0.4, 0.5) is 0 Å². The summed E-state index contributed by atoms with van der Waals surface area (Å²) in [6.45, 7) is 27.9. The van der Waals surface area contributed by atoms with Crippen LogP contribution >= 0.6 is 0 Å². The van der Waals surface area contributed by atoms with E-state index < -0.39 is 33.8 Å². The molecule has 0 aromatic heterocycles. The van der Waals surface area contributed by atoms with Crippen LogP contribution in [0.25, 0.3) is 0 Å². The summed E-state index contributed by atoms with van der Waals surface area (Å²) in [5, 5.41) is 12.9. The van der Waals surface area contributed by atoms with Gasteiger partial charge in [-0.2, -0.15) is 0 Å². The number of aliphatic hydroxyl groups is 1. The number of hydrogen-bond acceptors (Lipinski definition) is 6. The van der Waals surface area contributed by atoms with Crippen molar-refractivity contribution in [2.45, 2.75) is 154 Å². The second-order valence-electron chi connectivity index (χ2n) is 17.6. The van der Waals surface area contributed by atoms with E-state index in [-0.39, 0.29) is 45.5 Å². The minimum Gasteiger partial charge on any atom is -0.467 e. The van der Waals surface area contributed by atoms with Crippen LogP contribution < -0.4 is 0 Å². The highest BCUT2D eigenvalue weighted by Gasteiger charge is 2.67. The van der Waals surface area contributed by atoms with Gasteiger partial charge in [-0.3, -0.25) is 0 Å². The lowest BCUT2D eigenvalue weighted by Crippen LogP contribution is -2.62. The predicted octanol–water partition coefficient (Wildman–Crippen LogP) is 8.18. The molecule has 0 heterocycles. The Balaban J connectivity index is 1.78. The van der Waals surface area contributed by atoms with Gasteiger partial charge in [-0.05, 0) is 86.3 Å². The average molecular weight is 635 g/mol. The molecule has 8 heteroatoms. The molecule has 0 aliphatic heterocycles. The van der Waals surface area contributed by atoms with Gasteiger partial charge in [-0.1, -0.05) is 73.1 Å². The summed E-state index contributed by atoms with van der Waals surface area (Å²) in [7, 11) is -1.11. The summed E-state index contributed by atoms with van der Waals surface area (Å²) in [6.07, 6.45) is 8.90. The van der Waals surface area contributed by atoms with E-state index in [0.29, 0.717) is 6.42 Å². The average Bonchev–Trinajstić information content (AvgIpc) is 3.14. The summed E-state index contributed by atoms with van der Waals surface area (Å²) in [5.74, 6) is -0.287. The molecule has 0 radical (unpaired) electrons. The minimum atomic E-state index is -2.13. The molecule has 43 heavy (non-hydrogen) atoms. The van der Waals surface area contributed by atoms with Crippen molar-refractivity contribution in [3.05, 3.63) is 23.3 Å². The van der Waals surface area contributed by atoms with E-state index in [1.807, 2.05) is 0 Å². The Morgan fingerprint density at radius 2 is 1.51 bits per heavy atom. The lowest BCUT2D eigenvalue weighted by atomic mass is 9.48. The van der Waals surface area contributed by atoms with Crippen LogP contribution in [0.2, 0.25) is 36.3 Å². The first kappa shape index (κ1) is 35.1. The zero-order valence-electron chi connectivity index (χ0n) is 29.8. The van der Waals surface area contributed by atoms with E-state index in [1.54, 1.807) is 7.11 Å². The van der Waals surface area contributed by atoms with Gasteiger partial charge in [-0.15, -0.1) is 0 Å². The molecule has 0 bridgehead atoms. The number of rotatable bonds is 7. The molecule has 8 atom stereocenters. The summed E-state index contributed by atoms with van der Waals surface area (Å²) in [4.78, 5) is 12.7. The molecule has 0 amide bonds. The number of ether oxygens (including phenoxy) is 2. The molecule has 3 saturated carbocycles. The molecule has 3 fully saturated rings. The lowest BCUT2D eigenvalue weighted by Gasteiger charge is -2.61. The second-order valence-corrected chi connectivity index (χ2v) is 27.1. The second kappa shape index (κ2) is 11.2. The molecule has 1 N–H and O–H groups in total. The van der Waals surface area contributed by atoms with E-state index in [9.17, 15) is 9.90 Å². The summed E-state index contributed by atoms with van der Waals surface area (Å²) in [6, 6.07) is 0. The quantitative estimate of drug-likeness (QED) is 0.225. The first-order valence-corrected chi connectivity index (χ1v) is 22.4. The number of carbonyl (C=O) groups is 1. The molecular formula is C35H62O6Si2. The Bertz CT molecular complexity index is 1150. The van der Waals surface area contributed by atoms with Gasteiger partial charge < -0.3 is 23.4 Å². The predicted molar refractivity (Wildman–Crippen MR) is 179 cm³/mol. The summed E-state index contributed by atoms with van der Waals surface area (Å²) < 4.78 is 25.4. The molecule has 0 spiro atoms. The van der Waals surface area contributed by atoms with Crippen LogP contribution in [-0.4, -0.2) is 65.8 Å². The molecule has 0 aromatic rings. The molecule has 4 rings (SSSR count). The fourth-order valence-corrected chi connectivity index (χ4v) is 11.2. The van der Waals surface area contributed by atoms with E-state index in [2.05, 4.69) is 93.7 Å². The highest BCUT2D eigenvalue weighted by atomic mass is 28.4. The lowest BCUT2D eigenvalue weighted by molar-refractivity contribution is -0.165. The number of hydrogen-bond donors (Lipinski definition) is 1. The third-order valence-corrected chi connectivity index (χ3v) is 22.4. The maximum Gasteiger partial charge on any atom is 0.335 e. The largest absolute Gasteiger partial charge is 0.467 e. The Morgan fingerprint density at radius 1 is 0.930 bits per heavy atom. The van der Waals surface area contributed by atoms with Crippen LogP contribution in [-0.2, 0) is 23.1 Å². The smallest absolute Gasteiger partial charge is 0.335 e. The van der Waals surface area contributed by atoms with Crippen LogP contribution in [0.3, 0.4) is 0 Å². The van der Waals surface area contributed by atoms with Crippen LogP contribution in [0.15, 0.2) is 23.3 Å². The van der Waals surface area contributed by atoms with Gasteiger partial charge in [0, 0.05) is 23.9 Å². The maximum atomic E-state index is 12.7. The van der Waals surface area contributed by atoms with E-state index in [4.69, 9.17) is 18.3 Å². The molecule has 6 nitrogen and oxygen atoms in total. The number of methoxy groups -OCH3 is 2. The van der Waals surface area contributed by atoms with Crippen molar-refractivity contribution in [3.63, 3.8) is 0 Å². The fourth-order valence-electron chi connectivity index (χ4n) is 8.44. The van der Waals surface area contributed by atoms with Crippen LogP contribution in [0.5, 0.6) is 0 Å². The Labute approximate surface area is 264 Å². The van der Waals surface area contributed by atoms with Crippen molar-refractivity contribution in [3.8, 4) is 0 Å². The zero-order valence-corrected chi connectivity index (χ0v) is 31.8. The molecule has 0 saturated heterocycles. The topological polar surface area (TPSA) is 74.2 Å². The molecule has 0 aromatic carbocycles. The summed E-state index contributed by atoms with van der Waals surface area (Å²) in [5.41, 5.74) is 0.815.